The van der Waals surface area contributed by atoms with E-state index in [1.54, 1.807) is 0 Å². The van der Waals surface area contributed by atoms with Crippen LogP contribution in [0.3, 0.4) is 0 Å². The van der Waals surface area contributed by atoms with Gasteiger partial charge in [0.1, 0.15) is 5.75 Å². The summed E-state index contributed by atoms with van der Waals surface area (Å²) in [5, 5.41) is 3.03. The molecule has 0 saturated carbocycles. The van der Waals surface area contributed by atoms with E-state index in [0.717, 1.165) is 21.1 Å². The zero-order chi connectivity index (χ0) is 15.4. The van der Waals surface area contributed by atoms with Crippen molar-refractivity contribution in [3.8, 4) is 5.75 Å². The van der Waals surface area contributed by atoms with E-state index in [1.165, 1.54) is 11.3 Å². The Morgan fingerprint density at radius 1 is 1.14 bits per heavy atom. The van der Waals surface area contributed by atoms with Gasteiger partial charge < -0.3 is 10.1 Å². The molecule has 1 N–H and O–H groups in total. The molecule has 1 heterocycles. The van der Waals surface area contributed by atoms with Gasteiger partial charge in [-0.2, -0.15) is 0 Å². The average Bonchev–Trinajstić information content (AvgIpc) is 2.85. The smallest absolute Gasteiger partial charge is 0.261 e. The summed E-state index contributed by atoms with van der Waals surface area (Å²) in [5.41, 5.74) is 0.993. The molecule has 3 nitrogen and oxygen atoms in total. The van der Waals surface area contributed by atoms with E-state index in [4.69, 9.17) is 4.74 Å². The maximum atomic E-state index is 12.2. The molecule has 21 heavy (non-hydrogen) atoms. The molecule has 2 rings (SSSR count). The van der Waals surface area contributed by atoms with Crippen LogP contribution >= 0.6 is 11.3 Å². The predicted molar refractivity (Wildman–Crippen MR) is 87.1 cm³/mol. The van der Waals surface area contributed by atoms with Gasteiger partial charge in [-0.05, 0) is 45.9 Å². The average molecular weight is 303 g/mol. The molecule has 1 aromatic heterocycles. The molecule has 0 spiro atoms. The van der Waals surface area contributed by atoms with Crippen LogP contribution in [-0.4, -0.2) is 12.0 Å². The Labute approximate surface area is 130 Å². The van der Waals surface area contributed by atoms with Crippen LogP contribution in [-0.2, 0) is 0 Å². The highest BCUT2D eigenvalue weighted by Gasteiger charge is 2.16. The number of thiophene rings is 1. The van der Waals surface area contributed by atoms with Gasteiger partial charge in [0.25, 0.3) is 5.91 Å². The molecular formula is C17H21NO2S. The van der Waals surface area contributed by atoms with Crippen LogP contribution in [0.2, 0.25) is 0 Å². The van der Waals surface area contributed by atoms with Gasteiger partial charge in [-0.1, -0.05) is 18.2 Å². The first-order chi connectivity index (χ1) is 9.97. The summed E-state index contributed by atoms with van der Waals surface area (Å²) in [6.45, 7) is 7.96. The normalized spacial score (nSPS) is 12.2. The van der Waals surface area contributed by atoms with Crippen LogP contribution in [0, 0.1) is 6.92 Å². The second-order valence-electron chi connectivity index (χ2n) is 5.31. The number of hydrogen-bond acceptors (Lipinski definition) is 3. The quantitative estimate of drug-likeness (QED) is 0.892. The number of para-hydroxylation sites is 1. The zero-order valence-corrected chi connectivity index (χ0v) is 13.7. The molecule has 1 amide bonds. The first-order valence-electron chi connectivity index (χ1n) is 7.10. The number of carbonyl (C=O) groups excluding carboxylic acids is 1. The lowest BCUT2D eigenvalue weighted by atomic mass is 10.1. The predicted octanol–water partition coefficient (Wildman–Crippen LogP) is 4.33. The molecule has 0 aliphatic carbocycles. The summed E-state index contributed by atoms with van der Waals surface area (Å²) in [4.78, 5) is 14.1. The lowest BCUT2D eigenvalue weighted by Gasteiger charge is -2.19. The van der Waals surface area contributed by atoms with Gasteiger partial charge in [0.2, 0.25) is 0 Å². The second kappa shape index (κ2) is 6.76. The number of amides is 1. The van der Waals surface area contributed by atoms with E-state index in [1.807, 2.05) is 64.1 Å². The molecule has 2 aromatic rings. The summed E-state index contributed by atoms with van der Waals surface area (Å²) in [6.07, 6.45) is 0.106. The van der Waals surface area contributed by atoms with E-state index in [0.29, 0.717) is 0 Å². The van der Waals surface area contributed by atoms with E-state index in [2.05, 4.69) is 5.32 Å². The Morgan fingerprint density at radius 2 is 1.86 bits per heavy atom. The fourth-order valence-electron chi connectivity index (χ4n) is 2.10. The lowest BCUT2D eigenvalue weighted by Crippen LogP contribution is -2.26. The van der Waals surface area contributed by atoms with Crippen molar-refractivity contribution in [3.63, 3.8) is 0 Å². The van der Waals surface area contributed by atoms with Gasteiger partial charge in [-0.3, -0.25) is 4.79 Å². The number of ether oxygens (including phenoxy) is 1. The van der Waals surface area contributed by atoms with E-state index < -0.39 is 0 Å². The molecular weight excluding hydrogens is 282 g/mol. The minimum Gasteiger partial charge on any atom is -0.491 e. The van der Waals surface area contributed by atoms with E-state index in [-0.39, 0.29) is 18.1 Å². The summed E-state index contributed by atoms with van der Waals surface area (Å²) >= 11 is 1.50. The first-order valence-corrected chi connectivity index (χ1v) is 7.92. The molecule has 1 aromatic carbocycles. The SMILES string of the molecule is Cc1ccc(C(=O)N[C@H](C)c2ccccc2OC(C)C)s1. The van der Waals surface area contributed by atoms with Gasteiger partial charge in [0.05, 0.1) is 17.0 Å². The number of benzene rings is 1. The highest BCUT2D eigenvalue weighted by Crippen LogP contribution is 2.26. The van der Waals surface area contributed by atoms with Gasteiger partial charge in [-0.25, -0.2) is 0 Å². The molecule has 0 bridgehead atoms. The Balaban J connectivity index is 2.13. The van der Waals surface area contributed by atoms with Crippen LogP contribution in [0.5, 0.6) is 5.75 Å². The minimum atomic E-state index is -0.102. The molecule has 0 saturated heterocycles. The highest BCUT2D eigenvalue weighted by atomic mass is 32.1. The number of carbonyl (C=O) groups is 1. The molecule has 1 atom stereocenters. The Kier molecular flexibility index (Phi) is 5.02. The Hall–Kier alpha value is -1.81. The van der Waals surface area contributed by atoms with Crippen LogP contribution in [0.15, 0.2) is 36.4 Å². The monoisotopic (exact) mass is 303 g/mol. The van der Waals surface area contributed by atoms with Crippen LogP contribution in [0.25, 0.3) is 0 Å². The highest BCUT2D eigenvalue weighted by molar-refractivity contribution is 7.13. The maximum absolute atomic E-state index is 12.2. The summed E-state index contributed by atoms with van der Waals surface area (Å²) in [7, 11) is 0. The van der Waals surface area contributed by atoms with Crippen LogP contribution in [0.4, 0.5) is 0 Å². The van der Waals surface area contributed by atoms with Crippen molar-refractivity contribution in [2.24, 2.45) is 0 Å². The Morgan fingerprint density at radius 3 is 2.48 bits per heavy atom. The minimum absolute atomic E-state index is 0.0417. The third-order valence-corrected chi connectivity index (χ3v) is 4.06. The van der Waals surface area contributed by atoms with Crippen molar-refractivity contribution in [1.82, 2.24) is 5.32 Å². The fourth-order valence-corrected chi connectivity index (χ4v) is 2.87. The molecule has 0 unspecified atom stereocenters. The number of nitrogens with one attached hydrogen (secondary N) is 1. The lowest BCUT2D eigenvalue weighted by molar-refractivity contribution is 0.0943. The van der Waals surface area contributed by atoms with E-state index in [9.17, 15) is 4.79 Å². The van der Waals surface area contributed by atoms with Crippen molar-refractivity contribution in [2.45, 2.75) is 39.8 Å². The van der Waals surface area contributed by atoms with Crippen molar-refractivity contribution in [3.05, 3.63) is 51.7 Å². The molecule has 0 aliphatic heterocycles. The standard InChI is InChI=1S/C17H21NO2S/c1-11(2)20-15-8-6-5-7-14(15)13(4)18-17(19)16-10-9-12(3)21-16/h5-11,13H,1-4H3,(H,18,19)/t13-/m1/s1. The summed E-state index contributed by atoms with van der Waals surface area (Å²) < 4.78 is 5.81. The third-order valence-electron chi connectivity index (χ3n) is 3.06. The fraction of sp³-hybridized carbons (Fsp3) is 0.353. The zero-order valence-electron chi connectivity index (χ0n) is 12.8. The largest absolute Gasteiger partial charge is 0.491 e. The number of hydrogen-bond donors (Lipinski definition) is 1. The van der Waals surface area contributed by atoms with Crippen molar-refractivity contribution >= 4 is 17.2 Å². The molecule has 112 valence electrons. The molecule has 4 heteroatoms. The number of rotatable bonds is 5. The second-order valence-corrected chi connectivity index (χ2v) is 6.60. The molecule has 0 radical (unpaired) electrons. The maximum Gasteiger partial charge on any atom is 0.261 e. The van der Waals surface area contributed by atoms with Crippen molar-refractivity contribution in [2.75, 3.05) is 0 Å². The van der Waals surface area contributed by atoms with Crippen molar-refractivity contribution < 1.29 is 9.53 Å². The molecule has 0 fully saturated rings. The van der Waals surface area contributed by atoms with Crippen LogP contribution in [0.1, 0.15) is 46.9 Å². The molecule has 0 aliphatic rings. The first kappa shape index (κ1) is 15.6. The Bertz CT molecular complexity index is 619. The van der Waals surface area contributed by atoms with Gasteiger partial charge in [0.15, 0.2) is 0 Å². The van der Waals surface area contributed by atoms with Gasteiger partial charge in [-0.15, -0.1) is 11.3 Å². The topological polar surface area (TPSA) is 38.3 Å². The third kappa shape index (κ3) is 4.08. The summed E-state index contributed by atoms with van der Waals surface area (Å²) in [6, 6.07) is 11.5. The summed E-state index contributed by atoms with van der Waals surface area (Å²) in [5.74, 6) is 0.780. The van der Waals surface area contributed by atoms with Gasteiger partial charge >= 0.3 is 0 Å². The number of aryl methyl sites for hydroxylation is 1. The van der Waals surface area contributed by atoms with E-state index >= 15 is 0 Å². The van der Waals surface area contributed by atoms with Crippen LogP contribution < -0.4 is 10.1 Å². The van der Waals surface area contributed by atoms with Gasteiger partial charge in [0, 0.05) is 10.4 Å². The van der Waals surface area contributed by atoms with Crippen molar-refractivity contribution in [1.29, 1.82) is 0 Å².